The van der Waals surface area contributed by atoms with E-state index in [1.165, 1.54) is 25.7 Å². The molecular formula is C11H21NO2. The first-order chi connectivity index (χ1) is 6.62. The van der Waals surface area contributed by atoms with E-state index in [1.807, 2.05) is 0 Å². The van der Waals surface area contributed by atoms with Gasteiger partial charge in [-0.25, -0.2) is 0 Å². The summed E-state index contributed by atoms with van der Waals surface area (Å²) in [6, 6.07) is 0. The summed E-state index contributed by atoms with van der Waals surface area (Å²) in [6.07, 6.45) is 7.27. The Balaban J connectivity index is 2.00. The number of nitrogens with one attached hydrogen (secondary N) is 1. The molecule has 0 aromatic rings. The Morgan fingerprint density at radius 2 is 2.00 bits per heavy atom. The van der Waals surface area contributed by atoms with Crippen LogP contribution < -0.4 is 5.32 Å². The number of carboxylic acids is 1. The molecule has 0 amide bonds. The topological polar surface area (TPSA) is 49.3 Å². The molecule has 3 nitrogen and oxygen atoms in total. The van der Waals surface area contributed by atoms with Crippen LogP contribution in [0.25, 0.3) is 0 Å². The molecule has 0 aliphatic heterocycles. The first-order valence-electron chi connectivity index (χ1n) is 5.59. The predicted octanol–water partition coefficient (Wildman–Crippen LogP) is 2.16. The van der Waals surface area contributed by atoms with Crippen LogP contribution in [0, 0.1) is 0 Å². The van der Waals surface area contributed by atoms with Crippen molar-refractivity contribution in [2.45, 2.75) is 57.4 Å². The Labute approximate surface area is 85.9 Å². The zero-order chi connectivity index (χ0) is 10.4. The molecule has 1 saturated carbocycles. The van der Waals surface area contributed by atoms with Gasteiger partial charge in [0.2, 0.25) is 0 Å². The van der Waals surface area contributed by atoms with Crippen molar-refractivity contribution >= 4 is 5.97 Å². The van der Waals surface area contributed by atoms with E-state index in [1.54, 1.807) is 0 Å². The van der Waals surface area contributed by atoms with Gasteiger partial charge in [-0.3, -0.25) is 4.79 Å². The largest absolute Gasteiger partial charge is 0.481 e. The first kappa shape index (κ1) is 11.5. The van der Waals surface area contributed by atoms with Gasteiger partial charge in [-0.05, 0) is 39.2 Å². The number of aliphatic carboxylic acids is 1. The van der Waals surface area contributed by atoms with Gasteiger partial charge in [0.1, 0.15) is 0 Å². The van der Waals surface area contributed by atoms with Gasteiger partial charge in [-0.2, -0.15) is 0 Å². The first-order valence-corrected chi connectivity index (χ1v) is 5.59. The van der Waals surface area contributed by atoms with Gasteiger partial charge >= 0.3 is 5.97 Å². The smallest absolute Gasteiger partial charge is 0.303 e. The number of unbranched alkanes of at least 4 members (excludes halogenated alkanes) is 1. The molecule has 0 radical (unpaired) electrons. The van der Waals surface area contributed by atoms with Crippen LogP contribution >= 0.6 is 0 Å². The molecule has 3 heteroatoms. The predicted molar refractivity (Wildman–Crippen MR) is 56.4 cm³/mol. The van der Waals surface area contributed by atoms with Gasteiger partial charge in [-0.1, -0.05) is 12.8 Å². The normalized spacial score (nSPS) is 19.8. The van der Waals surface area contributed by atoms with Gasteiger partial charge in [0.15, 0.2) is 0 Å². The van der Waals surface area contributed by atoms with Crippen molar-refractivity contribution in [3.05, 3.63) is 0 Å². The average Bonchev–Trinajstić information content (AvgIpc) is 2.51. The minimum Gasteiger partial charge on any atom is -0.481 e. The molecule has 0 saturated heterocycles. The maximum atomic E-state index is 10.3. The second kappa shape index (κ2) is 5.35. The Bertz CT molecular complexity index is 186. The van der Waals surface area contributed by atoms with E-state index < -0.39 is 5.97 Å². The molecular weight excluding hydrogens is 178 g/mol. The highest BCUT2D eigenvalue weighted by molar-refractivity contribution is 5.66. The summed E-state index contributed by atoms with van der Waals surface area (Å²) in [4.78, 5) is 10.3. The second-order valence-corrected chi connectivity index (χ2v) is 4.55. The molecule has 82 valence electrons. The number of hydrogen-bond acceptors (Lipinski definition) is 2. The Morgan fingerprint density at radius 1 is 1.36 bits per heavy atom. The number of carboxylic acid groups (broad SMARTS) is 1. The van der Waals surface area contributed by atoms with Crippen molar-refractivity contribution in [1.29, 1.82) is 0 Å². The molecule has 2 N–H and O–H groups in total. The fourth-order valence-electron chi connectivity index (χ4n) is 2.12. The molecule has 1 fully saturated rings. The van der Waals surface area contributed by atoms with Crippen molar-refractivity contribution in [3.63, 3.8) is 0 Å². The molecule has 0 atom stereocenters. The van der Waals surface area contributed by atoms with Gasteiger partial charge in [0.05, 0.1) is 0 Å². The lowest BCUT2D eigenvalue weighted by Gasteiger charge is -2.25. The second-order valence-electron chi connectivity index (χ2n) is 4.55. The maximum Gasteiger partial charge on any atom is 0.303 e. The summed E-state index contributed by atoms with van der Waals surface area (Å²) in [5, 5.41) is 12.0. The molecule has 1 aliphatic rings. The Morgan fingerprint density at radius 3 is 2.57 bits per heavy atom. The summed E-state index contributed by atoms with van der Waals surface area (Å²) >= 11 is 0. The van der Waals surface area contributed by atoms with Gasteiger partial charge in [-0.15, -0.1) is 0 Å². The lowest BCUT2D eigenvalue weighted by molar-refractivity contribution is -0.137. The molecule has 0 aromatic carbocycles. The lowest BCUT2D eigenvalue weighted by atomic mass is 10.0. The van der Waals surface area contributed by atoms with Gasteiger partial charge in [0, 0.05) is 12.0 Å². The number of hydrogen-bond donors (Lipinski definition) is 2. The van der Waals surface area contributed by atoms with E-state index >= 15 is 0 Å². The van der Waals surface area contributed by atoms with Crippen LogP contribution in [0.2, 0.25) is 0 Å². The molecule has 14 heavy (non-hydrogen) atoms. The highest BCUT2D eigenvalue weighted by Crippen LogP contribution is 2.28. The molecule has 0 aromatic heterocycles. The number of rotatable bonds is 6. The van der Waals surface area contributed by atoms with Crippen molar-refractivity contribution in [2.24, 2.45) is 0 Å². The Kier molecular flexibility index (Phi) is 4.39. The van der Waals surface area contributed by atoms with E-state index in [2.05, 4.69) is 12.2 Å². The van der Waals surface area contributed by atoms with Gasteiger partial charge < -0.3 is 10.4 Å². The third-order valence-electron chi connectivity index (χ3n) is 3.08. The molecule has 0 unspecified atom stereocenters. The van der Waals surface area contributed by atoms with E-state index in [-0.39, 0.29) is 0 Å². The van der Waals surface area contributed by atoms with Crippen LogP contribution in [-0.4, -0.2) is 23.2 Å². The van der Waals surface area contributed by atoms with E-state index in [9.17, 15) is 4.79 Å². The van der Waals surface area contributed by atoms with Crippen LogP contribution in [0.3, 0.4) is 0 Å². The monoisotopic (exact) mass is 199 g/mol. The van der Waals surface area contributed by atoms with E-state index in [0.29, 0.717) is 12.0 Å². The highest BCUT2D eigenvalue weighted by atomic mass is 16.4. The summed E-state index contributed by atoms with van der Waals surface area (Å²) < 4.78 is 0. The molecule has 1 aliphatic carbocycles. The van der Waals surface area contributed by atoms with E-state index in [4.69, 9.17) is 5.11 Å². The van der Waals surface area contributed by atoms with Crippen LogP contribution in [0.4, 0.5) is 0 Å². The van der Waals surface area contributed by atoms with E-state index in [0.717, 1.165) is 19.4 Å². The summed E-state index contributed by atoms with van der Waals surface area (Å²) in [5.41, 5.74) is 0.337. The third kappa shape index (κ3) is 4.09. The fraction of sp³-hybridized carbons (Fsp3) is 0.909. The Hall–Kier alpha value is -0.570. The van der Waals surface area contributed by atoms with Crippen LogP contribution in [0.5, 0.6) is 0 Å². The quantitative estimate of drug-likeness (QED) is 0.644. The third-order valence-corrected chi connectivity index (χ3v) is 3.08. The van der Waals surface area contributed by atoms with Crippen LogP contribution in [0.15, 0.2) is 0 Å². The highest BCUT2D eigenvalue weighted by Gasteiger charge is 2.27. The lowest BCUT2D eigenvalue weighted by Crippen LogP contribution is -2.39. The zero-order valence-electron chi connectivity index (χ0n) is 9.01. The standard InChI is InChI=1S/C11H21NO2/c1-11(7-3-4-8-11)12-9-5-2-6-10(13)14/h12H,2-9H2,1H3,(H,13,14). The summed E-state index contributed by atoms with van der Waals surface area (Å²) in [6.45, 7) is 3.24. The minimum atomic E-state index is -0.683. The zero-order valence-corrected chi connectivity index (χ0v) is 9.01. The fourth-order valence-corrected chi connectivity index (χ4v) is 2.12. The molecule has 0 heterocycles. The average molecular weight is 199 g/mol. The molecule has 0 spiro atoms. The molecule has 1 rings (SSSR count). The molecule has 0 bridgehead atoms. The van der Waals surface area contributed by atoms with Crippen LogP contribution in [-0.2, 0) is 4.79 Å². The van der Waals surface area contributed by atoms with Crippen molar-refractivity contribution in [3.8, 4) is 0 Å². The summed E-state index contributed by atoms with van der Waals surface area (Å²) in [7, 11) is 0. The van der Waals surface area contributed by atoms with Crippen molar-refractivity contribution in [2.75, 3.05) is 6.54 Å². The SMILES string of the molecule is CC1(NCCCCC(=O)O)CCCC1. The minimum absolute atomic E-state index is 0.304. The van der Waals surface area contributed by atoms with Crippen molar-refractivity contribution in [1.82, 2.24) is 5.32 Å². The summed E-state index contributed by atoms with van der Waals surface area (Å²) in [5.74, 6) is -0.683. The number of carbonyl (C=O) groups is 1. The van der Waals surface area contributed by atoms with Crippen LogP contribution in [0.1, 0.15) is 51.9 Å². The maximum absolute atomic E-state index is 10.3. The van der Waals surface area contributed by atoms with Gasteiger partial charge in [0.25, 0.3) is 0 Å². The van der Waals surface area contributed by atoms with Crippen molar-refractivity contribution < 1.29 is 9.90 Å².